The van der Waals surface area contributed by atoms with Crippen molar-refractivity contribution in [3.63, 3.8) is 0 Å². The van der Waals surface area contributed by atoms with Gasteiger partial charge in [-0.15, -0.1) is 0 Å². The lowest BCUT2D eigenvalue weighted by atomic mass is 9.95. The molecule has 0 radical (unpaired) electrons. The number of nitrogens with zero attached hydrogens (tertiary/aromatic N) is 1. The van der Waals surface area contributed by atoms with Crippen molar-refractivity contribution in [1.29, 1.82) is 0 Å². The standard InChI is InChI=1S/C15H26N2O2/c1-15(2,11-18)10-16-13-8-12(9-17(3)4)6-7-14(13)19-5/h6-8,16,18H,9-11H2,1-5H3. The van der Waals surface area contributed by atoms with Crippen LogP contribution in [0.5, 0.6) is 5.75 Å². The van der Waals surface area contributed by atoms with Crippen molar-refractivity contribution in [3.8, 4) is 5.75 Å². The largest absolute Gasteiger partial charge is 0.495 e. The van der Waals surface area contributed by atoms with Crippen LogP contribution in [0.15, 0.2) is 18.2 Å². The molecule has 4 heteroatoms. The van der Waals surface area contributed by atoms with Gasteiger partial charge in [0.15, 0.2) is 0 Å². The zero-order valence-electron chi connectivity index (χ0n) is 12.7. The highest BCUT2D eigenvalue weighted by Gasteiger charge is 2.17. The highest BCUT2D eigenvalue weighted by Crippen LogP contribution is 2.27. The van der Waals surface area contributed by atoms with Crippen LogP contribution in [0.25, 0.3) is 0 Å². The number of aliphatic hydroxyl groups is 1. The van der Waals surface area contributed by atoms with Gasteiger partial charge >= 0.3 is 0 Å². The maximum Gasteiger partial charge on any atom is 0.141 e. The molecule has 2 N–H and O–H groups in total. The first-order chi connectivity index (χ1) is 8.88. The lowest BCUT2D eigenvalue weighted by Gasteiger charge is -2.24. The number of hydrogen-bond acceptors (Lipinski definition) is 4. The predicted molar refractivity (Wildman–Crippen MR) is 79.7 cm³/mol. The minimum absolute atomic E-state index is 0.150. The van der Waals surface area contributed by atoms with Crippen LogP contribution in [0.3, 0.4) is 0 Å². The van der Waals surface area contributed by atoms with E-state index in [0.29, 0.717) is 6.54 Å². The maximum atomic E-state index is 9.29. The number of methoxy groups -OCH3 is 1. The number of nitrogens with one attached hydrogen (secondary N) is 1. The zero-order valence-corrected chi connectivity index (χ0v) is 12.7. The Balaban J connectivity index is 2.84. The second-order valence-corrected chi connectivity index (χ2v) is 5.95. The van der Waals surface area contributed by atoms with Crippen molar-refractivity contribution in [2.24, 2.45) is 5.41 Å². The summed E-state index contributed by atoms with van der Waals surface area (Å²) >= 11 is 0. The maximum absolute atomic E-state index is 9.29. The van der Waals surface area contributed by atoms with Gasteiger partial charge in [0.25, 0.3) is 0 Å². The van der Waals surface area contributed by atoms with E-state index in [0.717, 1.165) is 18.0 Å². The van der Waals surface area contributed by atoms with E-state index in [4.69, 9.17) is 4.74 Å². The molecule has 0 saturated heterocycles. The Hall–Kier alpha value is -1.26. The molecule has 0 amide bonds. The average Bonchev–Trinajstić information content (AvgIpc) is 2.36. The monoisotopic (exact) mass is 266 g/mol. The van der Waals surface area contributed by atoms with E-state index in [1.165, 1.54) is 5.56 Å². The summed E-state index contributed by atoms with van der Waals surface area (Å²) in [6.45, 7) is 5.79. The van der Waals surface area contributed by atoms with Gasteiger partial charge in [-0.2, -0.15) is 0 Å². The van der Waals surface area contributed by atoms with Crippen LogP contribution in [0.1, 0.15) is 19.4 Å². The van der Waals surface area contributed by atoms with Crippen molar-refractivity contribution in [2.75, 3.05) is 39.7 Å². The molecule has 0 bridgehead atoms. The fraction of sp³-hybridized carbons (Fsp3) is 0.600. The van der Waals surface area contributed by atoms with Crippen molar-refractivity contribution in [1.82, 2.24) is 4.90 Å². The molecule has 0 heterocycles. The molecule has 0 spiro atoms. The van der Waals surface area contributed by atoms with E-state index < -0.39 is 0 Å². The summed E-state index contributed by atoms with van der Waals surface area (Å²) in [6, 6.07) is 6.15. The molecule has 0 unspecified atom stereocenters. The molecule has 0 saturated carbocycles. The van der Waals surface area contributed by atoms with Gasteiger partial charge in [-0.25, -0.2) is 0 Å². The van der Waals surface area contributed by atoms with Crippen LogP contribution in [0.2, 0.25) is 0 Å². The molecule has 0 aliphatic rings. The van der Waals surface area contributed by atoms with Crippen LogP contribution in [0.4, 0.5) is 5.69 Å². The van der Waals surface area contributed by atoms with Crippen molar-refractivity contribution >= 4 is 5.69 Å². The average molecular weight is 266 g/mol. The van der Waals surface area contributed by atoms with Gasteiger partial charge in [-0.1, -0.05) is 19.9 Å². The second kappa shape index (κ2) is 6.78. The Kier molecular flexibility index (Phi) is 5.63. The van der Waals surface area contributed by atoms with E-state index in [1.807, 2.05) is 34.0 Å². The van der Waals surface area contributed by atoms with Crippen LogP contribution in [-0.2, 0) is 6.54 Å². The number of rotatable bonds is 7. The van der Waals surface area contributed by atoms with Gasteiger partial charge in [0, 0.05) is 25.1 Å². The molecular weight excluding hydrogens is 240 g/mol. The number of aliphatic hydroxyl groups excluding tert-OH is 1. The molecule has 0 aromatic heterocycles. The number of hydrogen-bond donors (Lipinski definition) is 2. The highest BCUT2D eigenvalue weighted by atomic mass is 16.5. The van der Waals surface area contributed by atoms with Crippen LogP contribution in [0, 0.1) is 5.41 Å². The summed E-state index contributed by atoms with van der Waals surface area (Å²) in [4.78, 5) is 2.13. The van der Waals surface area contributed by atoms with Crippen LogP contribution >= 0.6 is 0 Å². The van der Waals surface area contributed by atoms with Crippen LogP contribution < -0.4 is 10.1 Å². The van der Waals surface area contributed by atoms with Crippen LogP contribution in [-0.4, -0.2) is 44.4 Å². The fourth-order valence-corrected chi connectivity index (χ4v) is 1.75. The minimum atomic E-state index is -0.150. The van der Waals surface area contributed by atoms with E-state index in [9.17, 15) is 5.11 Å². The summed E-state index contributed by atoms with van der Waals surface area (Å²) < 4.78 is 5.37. The van der Waals surface area contributed by atoms with E-state index in [1.54, 1.807) is 7.11 Å². The molecule has 0 aliphatic heterocycles. The third-order valence-electron chi connectivity index (χ3n) is 2.95. The van der Waals surface area contributed by atoms with Gasteiger partial charge in [0.05, 0.1) is 12.8 Å². The van der Waals surface area contributed by atoms with Crippen molar-refractivity contribution in [2.45, 2.75) is 20.4 Å². The third kappa shape index (κ3) is 5.09. The first-order valence-electron chi connectivity index (χ1n) is 6.54. The second-order valence-electron chi connectivity index (χ2n) is 5.95. The lowest BCUT2D eigenvalue weighted by molar-refractivity contribution is 0.170. The molecule has 1 aromatic carbocycles. The van der Waals surface area contributed by atoms with Gasteiger partial charge in [0.1, 0.15) is 5.75 Å². The lowest BCUT2D eigenvalue weighted by Crippen LogP contribution is -2.27. The smallest absolute Gasteiger partial charge is 0.141 e. The topological polar surface area (TPSA) is 44.7 Å². The Bertz CT molecular complexity index is 403. The first kappa shape index (κ1) is 15.8. The van der Waals surface area contributed by atoms with E-state index in [2.05, 4.69) is 22.3 Å². The quantitative estimate of drug-likeness (QED) is 0.794. The van der Waals surface area contributed by atoms with Gasteiger partial charge in [-0.3, -0.25) is 0 Å². The highest BCUT2D eigenvalue weighted by molar-refractivity contribution is 5.58. The van der Waals surface area contributed by atoms with Crippen molar-refractivity contribution < 1.29 is 9.84 Å². The summed E-state index contributed by atoms with van der Waals surface area (Å²) in [5.41, 5.74) is 2.06. The Morgan fingerprint density at radius 2 is 2.00 bits per heavy atom. The van der Waals surface area contributed by atoms with Crippen molar-refractivity contribution in [3.05, 3.63) is 23.8 Å². The summed E-state index contributed by atoms with van der Waals surface area (Å²) in [5.74, 6) is 0.830. The predicted octanol–water partition coefficient (Wildman–Crippen LogP) is 2.19. The summed E-state index contributed by atoms with van der Waals surface area (Å²) in [6.07, 6.45) is 0. The van der Waals surface area contributed by atoms with Gasteiger partial charge < -0.3 is 20.1 Å². The Morgan fingerprint density at radius 3 is 2.53 bits per heavy atom. The molecular formula is C15H26N2O2. The zero-order chi connectivity index (χ0) is 14.5. The van der Waals surface area contributed by atoms with Gasteiger partial charge in [0.2, 0.25) is 0 Å². The SMILES string of the molecule is COc1ccc(CN(C)C)cc1NCC(C)(C)CO. The molecule has 108 valence electrons. The molecule has 19 heavy (non-hydrogen) atoms. The summed E-state index contributed by atoms with van der Waals surface area (Å²) in [5, 5.41) is 12.7. The molecule has 1 aromatic rings. The van der Waals surface area contributed by atoms with Gasteiger partial charge in [-0.05, 0) is 31.8 Å². The molecule has 0 fully saturated rings. The molecule has 4 nitrogen and oxygen atoms in total. The minimum Gasteiger partial charge on any atom is -0.495 e. The van der Waals surface area contributed by atoms with E-state index in [-0.39, 0.29) is 12.0 Å². The Morgan fingerprint density at radius 1 is 1.32 bits per heavy atom. The molecule has 0 atom stereocenters. The Labute approximate surface area is 116 Å². The number of ether oxygens (including phenoxy) is 1. The van der Waals surface area contributed by atoms with E-state index >= 15 is 0 Å². The summed E-state index contributed by atoms with van der Waals surface area (Å²) in [7, 11) is 5.77. The number of benzene rings is 1. The normalized spacial score (nSPS) is 11.7. The fourth-order valence-electron chi connectivity index (χ4n) is 1.75. The molecule has 1 rings (SSSR count). The molecule has 0 aliphatic carbocycles. The third-order valence-corrected chi connectivity index (χ3v) is 2.95. The first-order valence-corrected chi connectivity index (χ1v) is 6.54. The number of anilines is 1.